The molecule has 16 heteroatoms. The number of fused-ring (bicyclic) bond motifs is 1. The van der Waals surface area contributed by atoms with Gasteiger partial charge in [0, 0.05) is 17.3 Å². The number of nitrogens with two attached hydrogens (primary N) is 1. The Hall–Kier alpha value is -4.99. The second-order valence-corrected chi connectivity index (χ2v) is 10.4. The van der Waals surface area contributed by atoms with Crippen LogP contribution >= 0.6 is 0 Å². The second-order valence-electron chi connectivity index (χ2n) is 10.4. The van der Waals surface area contributed by atoms with E-state index < -0.39 is 71.1 Å². The number of rotatable bonds is 7. The summed E-state index contributed by atoms with van der Waals surface area (Å²) in [6.45, 7) is -0.813. The number of hydrogen-bond acceptors (Lipinski definition) is 6. The van der Waals surface area contributed by atoms with Crippen molar-refractivity contribution in [2.24, 2.45) is 5.73 Å². The molecule has 4 aromatic rings. The standard InChI is InChI=1S/C29H22F7N5O4/c1-26(25(37)43)14-45-22-19(26)11-20(39-21(22)15-7-9-16(30)10-8-15)27(44,29(34,35)36)13-38-24(42)18-12-41(17-5-3-2-4-6-17)40-23(18)28(31,32)33/h2-12,44H,13-14H2,1H3,(H2,37,43)(H,38,42)/t26-,27-/m0/s1. The van der Waals surface area contributed by atoms with Crippen molar-refractivity contribution in [3.8, 4) is 22.7 Å². The van der Waals surface area contributed by atoms with Gasteiger partial charge in [0.1, 0.15) is 29.3 Å². The molecular weight excluding hydrogens is 615 g/mol. The Balaban J connectivity index is 1.59. The molecule has 9 nitrogen and oxygen atoms in total. The van der Waals surface area contributed by atoms with Crippen LogP contribution < -0.4 is 15.8 Å². The minimum absolute atomic E-state index is 0.0416. The number of hydrogen-bond donors (Lipinski definition) is 3. The monoisotopic (exact) mass is 637 g/mol. The van der Waals surface area contributed by atoms with Crippen molar-refractivity contribution in [3.05, 3.63) is 95.2 Å². The number of benzene rings is 2. The summed E-state index contributed by atoms with van der Waals surface area (Å²) in [5.74, 6) is -3.44. The number of para-hydroxylation sites is 1. The zero-order chi connectivity index (χ0) is 32.9. The van der Waals surface area contributed by atoms with E-state index >= 15 is 0 Å². The molecule has 0 radical (unpaired) electrons. The Morgan fingerprint density at radius 2 is 1.71 bits per heavy atom. The Morgan fingerprint density at radius 3 is 2.29 bits per heavy atom. The Labute approximate surface area is 249 Å². The number of pyridine rings is 1. The van der Waals surface area contributed by atoms with E-state index in [1.165, 1.54) is 43.3 Å². The lowest BCUT2D eigenvalue weighted by molar-refractivity contribution is -0.265. The maximum atomic E-state index is 14.6. The first kappa shape index (κ1) is 31.4. The molecule has 45 heavy (non-hydrogen) atoms. The van der Waals surface area contributed by atoms with E-state index in [1.807, 2.05) is 0 Å². The number of ether oxygens (including phenoxy) is 1. The van der Waals surface area contributed by atoms with E-state index in [1.54, 1.807) is 11.4 Å². The summed E-state index contributed by atoms with van der Waals surface area (Å²) in [6, 6.07) is 12.4. The SMILES string of the molecule is C[C@]1(C(N)=O)COc2c1cc([C@@](O)(CNC(=O)c1cn(-c3ccccc3)nc1C(F)(F)F)C(F)(F)F)nc2-c1ccc(F)cc1. The first-order valence-corrected chi connectivity index (χ1v) is 13.0. The van der Waals surface area contributed by atoms with Crippen molar-refractivity contribution in [2.75, 3.05) is 13.2 Å². The number of nitrogens with zero attached hydrogens (tertiary/aromatic N) is 3. The van der Waals surface area contributed by atoms with E-state index in [-0.39, 0.29) is 28.3 Å². The minimum atomic E-state index is -5.58. The molecule has 2 aromatic heterocycles. The second kappa shape index (κ2) is 10.9. The number of nitrogens with one attached hydrogen (secondary N) is 1. The van der Waals surface area contributed by atoms with Crippen LogP contribution in [0.25, 0.3) is 16.9 Å². The summed E-state index contributed by atoms with van der Waals surface area (Å²) in [4.78, 5) is 29.3. The number of carbonyl (C=O) groups is 2. The molecule has 1 aliphatic rings. The van der Waals surface area contributed by atoms with Gasteiger partial charge in [0.05, 0.1) is 23.5 Å². The van der Waals surface area contributed by atoms with Crippen molar-refractivity contribution in [2.45, 2.75) is 30.3 Å². The van der Waals surface area contributed by atoms with Gasteiger partial charge >= 0.3 is 12.4 Å². The number of alkyl halides is 6. The van der Waals surface area contributed by atoms with E-state index in [4.69, 9.17) is 10.5 Å². The van der Waals surface area contributed by atoms with Gasteiger partial charge in [0.25, 0.3) is 5.91 Å². The molecule has 0 fully saturated rings. The Bertz CT molecular complexity index is 1770. The first-order valence-electron chi connectivity index (χ1n) is 13.0. The average Bonchev–Trinajstić information content (AvgIpc) is 3.59. The van der Waals surface area contributed by atoms with Crippen LogP contribution in [0.4, 0.5) is 30.7 Å². The van der Waals surface area contributed by atoms with Crippen molar-refractivity contribution in [1.29, 1.82) is 0 Å². The molecule has 236 valence electrons. The molecule has 2 amide bonds. The molecule has 0 bridgehead atoms. The third kappa shape index (κ3) is 5.56. The van der Waals surface area contributed by atoms with Crippen molar-refractivity contribution in [3.63, 3.8) is 0 Å². The highest BCUT2D eigenvalue weighted by Gasteiger charge is 2.58. The van der Waals surface area contributed by atoms with Crippen LogP contribution in [0.2, 0.25) is 0 Å². The molecule has 1 aliphatic heterocycles. The fourth-order valence-electron chi connectivity index (χ4n) is 4.70. The summed E-state index contributed by atoms with van der Waals surface area (Å²) in [7, 11) is 0. The normalized spacial score (nSPS) is 17.7. The number of primary amides is 1. The third-order valence-electron chi connectivity index (χ3n) is 7.38. The summed E-state index contributed by atoms with van der Waals surface area (Å²) in [5, 5.41) is 16.2. The van der Waals surface area contributed by atoms with Crippen LogP contribution in [0, 0.1) is 5.82 Å². The molecule has 4 N–H and O–H groups in total. The molecule has 0 saturated carbocycles. The highest BCUT2D eigenvalue weighted by molar-refractivity contribution is 5.95. The van der Waals surface area contributed by atoms with Gasteiger partial charge in [-0.15, -0.1) is 0 Å². The van der Waals surface area contributed by atoms with Gasteiger partial charge in [-0.1, -0.05) is 18.2 Å². The topological polar surface area (TPSA) is 132 Å². The number of aliphatic hydroxyl groups is 1. The van der Waals surface area contributed by atoms with Gasteiger partial charge in [0.2, 0.25) is 11.5 Å². The largest absolute Gasteiger partial charge is 0.489 e. The zero-order valence-electron chi connectivity index (χ0n) is 23.0. The minimum Gasteiger partial charge on any atom is -0.489 e. The fraction of sp³-hybridized carbons (Fsp3) is 0.241. The van der Waals surface area contributed by atoms with Crippen molar-refractivity contribution < 1.29 is 50.2 Å². The Morgan fingerprint density at radius 1 is 1.07 bits per heavy atom. The van der Waals surface area contributed by atoms with E-state index in [0.29, 0.717) is 6.20 Å². The molecule has 0 saturated heterocycles. The van der Waals surface area contributed by atoms with E-state index in [0.717, 1.165) is 22.9 Å². The molecule has 0 aliphatic carbocycles. The lowest BCUT2D eigenvalue weighted by atomic mass is 9.81. The molecular formula is C29H22F7N5O4. The van der Waals surface area contributed by atoms with Crippen LogP contribution in [0.1, 0.15) is 34.2 Å². The molecule has 2 atom stereocenters. The van der Waals surface area contributed by atoms with Gasteiger partial charge in [-0.25, -0.2) is 14.1 Å². The zero-order valence-corrected chi connectivity index (χ0v) is 23.0. The molecule has 2 aromatic carbocycles. The van der Waals surface area contributed by atoms with Crippen LogP contribution in [0.3, 0.4) is 0 Å². The number of halogens is 7. The van der Waals surface area contributed by atoms with Gasteiger partial charge < -0.3 is 20.9 Å². The number of aromatic nitrogens is 3. The highest BCUT2D eigenvalue weighted by atomic mass is 19.4. The molecule has 5 rings (SSSR count). The molecule has 3 heterocycles. The first-order chi connectivity index (χ1) is 21.0. The van der Waals surface area contributed by atoms with E-state index in [9.17, 15) is 45.4 Å². The maximum Gasteiger partial charge on any atom is 0.435 e. The predicted octanol–water partition coefficient (Wildman–Crippen LogP) is 4.41. The van der Waals surface area contributed by atoms with Gasteiger partial charge in [0.15, 0.2) is 5.69 Å². The highest BCUT2D eigenvalue weighted by Crippen LogP contribution is 2.47. The fourth-order valence-corrected chi connectivity index (χ4v) is 4.70. The van der Waals surface area contributed by atoms with Gasteiger partial charge in [-0.2, -0.15) is 31.4 Å². The van der Waals surface area contributed by atoms with Gasteiger partial charge in [-0.05, 0) is 49.4 Å². The summed E-state index contributed by atoms with van der Waals surface area (Å²) in [6.07, 6.45) is -10.1. The van der Waals surface area contributed by atoms with Gasteiger partial charge in [-0.3, -0.25) is 9.59 Å². The lowest BCUT2D eigenvalue weighted by Gasteiger charge is -2.31. The molecule has 0 unspecified atom stereocenters. The summed E-state index contributed by atoms with van der Waals surface area (Å²) in [5.41, 5.74) is -4.43. The van der Waals surface area contributed by atoms with Crippen LogP contribution in [-0.2, 0) is 22.0 Å². The van der Waals surface area contributed by atoms with Crippen molar-refractivity contribution in [1.82, 2.24) is 20.1 Å². The predicted molar refractivity (Wildman–Crippen MR) is 143 cm³/mol. The maximum absolute atomic E-state index is 14.6. The number of amides is 2. The summed E-state index contributed by atoms with van der Waals surface area (Å²) >= 11 is 0. The van der Waals surface area contributed by atoms with Crippen LogP contribution in [-0.4, -0.2) is 51.0 Å². The average molecular weight is 638 g/mol. The quantitative estimate of drug-likeness (QED) is 0.258. The van der Waals surface area contributed by atoms with E-state index in [2.05, 4.69) is 10.1 Å². The number of carbonyl (C=O) groups excluding carboxylic acids is 2. The summed E-state index contributed by atoms with van der Waals surface area (Å²) < 4.78 is 105. The van der Waals surface area contributed by atoms with Crippen LogP contribution in [0.15, 0.2) is 66.9 Å². The van der Waals surface area contributed by atoms with Crippen molar-refractivity contribution >= 4 is 11.8 Å². The lowest BCUT2D eigenvalue weighted by Crippen LogP contribution is -2.52. The Kier molecular flexibility index (Phi) is 7.59. The third-order valence-corrected chi connectivity index (χ3v) is 7.38. The van der Waals surface area contributed by atoms with Crippen LogP contribution in [0.5, 0.6) is 5.75 Å². The smallest absolute Gasteiger partial charge is 0.435 e. The molecule has 0 spiro atoms.